The van der Waals surface area contributed by atoms with Crippen LogP contribution in [-0.4, -0.2) is 54.0 Å². The minimum Gasteiger partial charge on any atom is -0.481 e. The fraction of sp³-hybridized carbons (Fsp3) is 0.917. The zero-order chi connectivity index (χ0) is 14.3. The summed E-state index contributed by atoms with van der Waals surface area (Å²) in [5.74, 6) is -1.76. The molecule has 0 aliphatic carbocycles. The van der Waals surface area contributed by atoms with E-state index >= 15 is 0 Å². The first-order chi connectivity index (χ1) is 8.76. The van der Waals surface area contributed by atoms with Gasteiger partial charge in [-0.1, -0.05) is 0 Å². The van der Waals surface area contributed by atoms with Crippen molar-refractivity contribution in [1.82, 2.24) is 4.90 Å². The molecule has 0 spiro atoms. The number of alkyl halides is 3. The van der Waals surface area contributed by atoms with E-state index in [9.17, 15) is 18.0 Å². The predicted octanol–water partition coefficient (Wildman–Crippen LogP) is 1.89. The molecule has 110 valence electrons. The first-order valence-corrected chi connectivity index (χ1v) is 6.42. The van der Waals surface area contributed by atoms with Crippen molar-refractivity contribution in [2.24, 2.45) is 5.41 Å². The maximum atomic E-state index is 13.1. The molecule has 2 rings (SSSR count). The van der Waals surface area contributed by atoms with Gasteiger partial charge in [0.05, 0.1) is 6.10 Å². The highest BCUT2D eigenvalue weighted by molar-refractivity contribution is 5.76. The van der Waals surface area contributed by atoms with E-state index in [4.69, 9.17) is 9.84 Å². The molecular weight excluding hydrogens is 263 g/mol. The van der Waals surface area contributed by atoms with Gasteiger partial charge < -0.3 is 9.84 Å². The van der Waals surface area contributed by atoms with Crippen molar-refractivity contribution >= 4 is 5.97 Å². The molecule has 19 heavy (non-hydrogen) atoms. The number of halogens is 3. The molecule has 0 aromatic carbocycles. The Bertz CT molecular complexity index is 361. The van der Waals surface area contributed by atoms with Gasteiger partial charge >= 0.3 is 12.1 Å². The summed E-state index contributed by atoms with van der Waals surface area (Å²) >= 11 is 0. The SMILES string of the molecule is CC1CC(N2CCC(C(=O)O)(C(F)(F)F)C2)CCO1. The maximum absolute atomic E-state index is 13.1. The van der Waals surface area contributed by atoms with E-state index in [0.717, 1.165) is 0 Å². The molecule has 4 nitrogen and oxygen atoms in total. The van der Waals surface area contributed by atoms with Gasteiger partial charge in [-0.25, -0.2) is 0 Å². The van der Waals surface area contributed by atoms with Crippen molar-refractivity contribution in [3.05, 3.63) is 0 Å². The lowest BCUT2D eigenvalue weighted by atomic mass is 9.86. The van der Waals surface area contributed by atoms with E-state index in [1.165, 1.54) is 0 Å². The lowest BCUT2D eigenvalue weighted by Gasteiger charge is -2.35. The fourth-order valence-electron chi connectivity index (χ4n) is 2.98. The Morgan fingerprint density at radius 3 is 2.63 bits per heavy atom. The van der Waals surface area contributed by atoms with E-state index < -0.39 is 24.1 Å². The highest BCUT2D eigenvalue weighted by Gasteiger charge is 2.64. The molecule has 2 fully saturated rings. The van der Waals surface area contributed by atoms with Gasteiger partial charge in [-0.3, -0.25) is 9.69 Å². The summed E-state index contributed by atoms with van der Waals surface area (Å²) in [5, 5.41) is 9.00. The molecule has 0 aromatic rings. The molecule has 2 saturated heterocycles. The van der Waals surface area contributed by atoms with Crippen molar-refractivity contribution in [2.75, 3.05) is 19.7 Å². The normalized spacial score (nSPS) is 37.5. The third-order valence-electron chi connectivity index (χ3n) is 4.22. The van der Waals surface area contributed by atoms with E-state index in [0.29, 0.717) is 19.4 Å². The summed E-state index contributed by atoms with van der Waals surface area (Å²) in [7, 11) is 0. The highest BCUT2D eigenvalue weighted by Crippen LogP contribution is 2.46. The van der Waals surface area contributed by atoms with Crippen LogP contribution in [0.5, 0.6) is 0 Å². The number of rotatable bonds is 2. The van der Waals surface area contributed by atoms with E-state index in [-0.39, 0.29) is 25.1 Å². The molecule has 0 bridgehead atoms. The fourth-order valence-corrected chi connectivity index (χ4v) is 2.98. The molecule has 7 heteroatoms. The number of ether oxygens (including phenoxy) is 1. The van der Waals surface area contributed by atoms with Gasteiger partial charge in [0.2, 0.25) is 0 Å². The number of carbonyl (C=O) groups is 1. The molecule has 0 radical (unpaired) electrons. The zero-order valence-electron chi connectivity index (χ0n) is 10.7. The van der Waals surface area contributed by atoms with E-state index in [1.54, 1.807) is 4.90 Å². The Balaban J connectivity index is 2.11. The lowest BCUT2D eigenvalue weighted by molar-refractivity contribution is -0.228. The van der Waals surface area contributed by atoms with Gasteiger partial charge in [-0.15, -0.1) is 0 Å². The zero-order valence-corrected chi connectivity index (χ0v) is 10.7. The summed E-state index contributed by atoms with van der Waals surface area (Å²) in [5.41, 5.74) is -2.60. The smallest absolute Gasteiger partial charge is 0.406 e. The second kappa shape index (κ2) is 4.94. The Hall–Kier alpha value is -0.820. The third-order valence-corrected chi connectivity index (χ3v) is 4.22. The molecular formula is C12H18F3NO3. The molecule has 2 aliphatic rings. The van der Waals surface area contributed by atoms with Crippen LogP contribution < -0.4 is 0 Å². The molecule has 3 atom stereocenters. The van der Waals surface area contributed by atoms with Crippen LogP contribution in [0.4, 0.5) is 13.2 Å². The van der Waals surface area contributed by atoms with Crippen molar-refractivity contribution in [3.63, 3.8) is 0 Å². The number of hydrogen-bond donors (Lipinski definition) is 1. The van der Waals surface area contributed by atoms with Gasteiger partial charge in [0, 0.05) is 19.2 Å². The van der Waals surface area contributed by atoms with Crippen LogP contribution in [0.1, 0.15) is 26.2 Å². The maximum Gasteiger partial charge on any atom is 0.406 e. The standard InChI is InChI=1S/C12H18F3NO3/c1-8-6-9(2-5-19-8)16-4-3-11(7-16,10(17)18)12(13,14)15/h8-9H,2-7H2,1H3,(H,17,18). The highest BCUT2D eigenvalue weighted by atomic mass is 19.4. The minimum absolute atomic E-state index is 0.00711. The van der Waals surface area contributed by atoms with Gasteiger partial charge in [0.25, 0.3) is 0 Å². The number of likely N-dealkylation sites (tertiary alicyclic amines) is 1. The number of hydrogen-bond acceptors (Lipinski definition) is 3. The number of nitrogens with zero attached hydrogens (tertiary/aromatic N) is 1. The Morgan fingerprint density at radius 2 is 2.16 bits per heavy atom. The second-order valence-corrected chi connectivity index (χ2v) is 5.47. The average molecular weight is 281 g/mol. The Kier molecular flexibility index (Phi) is 3.79. The molecule has 2 heterocycles. The van der Waals surface area contributed by atoms with Crippen LogP contribution in [0.25, 0.3) is 0 Å². The van der Waals surface area contributed by atoms with E-state index in [2.05, 4.69) is 0 Å². The van der Waals surface area contributed by atoms with Gasteiger partial charge in [-0.05, 0) is 32.7 Å². The van der Waals surface area contributed by atoms with Gasteiger partial charge in [-0.2, -0.15) is 13.2 Å². The topological polar surface area (TPSA) is 49.8 Å². The Morgan fingerprint density at radius 1 is 1.47 bits per heavy atom. The predicted molar refractivity (Wildman–Crippen MR) is 60.7 cm³/mol. The third kappa shape index (κ3) is 2.58. The quantitative estimate of drug-likeness (QED) is 0.840. The number of carboxylic acid groups (broad SMARTS) is 1. The molecule has 3 unspecified atom stereocenters. The molecule has 0 amide bonds. The van der Waals surface area contributed by atoms with Crippen LogP contribution in [0.2, 0.25) is 0 Å². The van der Waals surface area contributed by atoms with Crippen molar-refractivity contribution in [3.8, 4) is 0 Å². The largest absolute Gasteiger partial charge is 0.481 e. The van der Waals surface area contributed by atoms with Crippen LogP contribution >= 0.6 is 0 Å². The summed E-state index contributed by atoms with van der Waals surface area (Å²) in [6.45, 7) is 2.15. The first-order valence-electron chi connectivity index (χ1n) is 6.42. The van der Waals surface area contributed by atoms with Crippen LogP contribution in [0.3, 0.4) is 0 Å². The summed E-state index contributed by atoms with van der Waals surface area (Å²) in [4.78, 5) is 12.8. The van der Waals surface area contributed by atoms with Gasteiger partial charge in [0.15, 0.2) is 5.41 Å². The summed E-state index contributed by atoms with van der Waals surface area (Å²) in [6.07, 6.45) is -3.72. The van der Waals surface area contributed by atoms with Crippen molar-refractivity contribution in [1.29, 1.82) is 0 Å². The summed E-state index contributed by atoms with van der Waals surface area (Å²) in [6, 6.07) is -0.00711. The second-order valence-electron chi connectivity index (χ2n) is 5.47. The van der Waals surface area contributed by atoms with Crippen molar-refractivity contribution < 1.29 is 27.8 Å². The Labute approximate surface area is 109 Å². The monoisotopic (exact) mass is 281 g/mol. The molecule has 1 N–H and O–H groups in total. The van der Waals surface area contributed by atoms with Gasteiger partial charge in [0.1, 0.15) is 0 Å². The molecule has 2 aliphatic heterocycles. The van der Waals surface area contributed by atoms with Crippen molar-refractivity contribution in [2.45, 2.75) is 44.5 Å². The first kappa shape index (κ1) is 14.6. The summed E-state index contributed by atoms with van der Waals surface area (Å²) < 4.78 is 44.5. The van der Waals surface area contributed by atoms with E-state index in [1.807, 2.05) is 6.92 Å². The lowest BCUT2D eigenvalue weighted by Crippen LogP contribution is -2.49. The molecule has 0 aromatic heterocycles. The van der Waals surface area contributed by atoms with Crippen LogP contribution in [0, 0.1) is 5.41 Å². The van der Waals surface area contributed by atoms with Crippen LogP contribution in [-0.2, 0) is 9.53 Å². The minimum atomic E-state index is -4.70. The molecule has 0 saturated carbocycles. The number of carboxylic acids is 1. The average Bonchev–Trinajstić information content (AvgIpc) is 2.74. The van der Waals surface area contributed by atoms with Crippen LogP contribution in [0.15, 0.2) is 0 Å². The number of aliphatic carboxylic acids is 1.